The lowest BCUT2D eigenvalue weighted by atomic mass is 9.98. The minimum absolute atomic E-state index is 0.929. The second-order valence-corrected chi connectivity index (χ2v) is 36.7. The van der Waals surface area contributed by atoms with Crippen LogP contribution >= 0.6 is 22.7 Å². The van der Waals surface area contributed by atoms with Crippen molar-refractivity contribution in [3.05, 3.63) is 413 Å². The molecule has 592 valence electrons. The van der Waals surface area contributed by atoms with E-state index in [0.717, 1.165) is 38.5 Å². The number of aromatic nitrogens is 4. The Kier molecular flexibility index (Phi) is 14.6. The Morgan fingerprint density at radius 2 is 0.391 bits per heavy atom. The largest absolute Gasteiger partial charge is 0.456 e. The lowest BCUT2D eigenvalue weighted by Crippen LogP contribution is -1.90. The molecule has 0 aliphatic heterocycles. The first-order chi connectivity index (χ1) is 63.4. The van der Waals surface area contributed by atoms with Crippen molar-refractivity contribution in [2.24, 2.45) is 0 Å². The number of nitrogens with zero attached hydrogens (tertiary/aromatic N) is 4. The molecule has 0 aliphatic carbocycles. The molecule has 0 bridgehead atoms. The zero-order valence-corrected chi connectivity index (χ0v) is 70.3. The molecule has 0 aliphatic rings. The van der Waals surface area contributed by atoms with Gasteiger partial charge in [-0.15, -0.1) is 22.7 Å². The van der Waals surface area contributed by atoms with Gasteiger partial charge in [0.05, 0.1) is 44.1 Å². The molecule has 8 heteroatoms. The quantitative estimate of drug-likeness (QED) is 0.112. The van der Waals surface area contributed by atoms with Crippen LogP contribution in [-0.2, 0) is 0 Å². The molecule has 0 unspecified atom stereocenters. The molecule has 32 rings (SSSR count). The van der Waals surface area contributed by atoms with Crippen LogP contribution in [0.25, 0.3) is 279 Å². The molecular formula is C120H68N4O2S2. The van der Waals surface area contributed by atoms with Crippen molar-refractivity contribution in [3.63, 3.8) is 0 Å². The van der Waals surface area contributed by atoms with Crippen molar-refractivity contribution in [1.82, 2.24) is 17.6 Å². The summed E-state index contributed by atoms with van der Waals surface area (Å²) >= 11 is 3.78. The molecule has 12 aromatic heterocycles. The monoisotopic (exact) mass is 1660 g/mol. The highest BCUT2D eigenvalue weighted by atomic mass is 32.1. The maximum absolute atomic E-state index is 6.26. The number of furan rings is 2. The number of pyridine rings is 4. The van der Waals surface area contributed by atoms with Crippen molar-refractivity contribution in [3.8, 4) is 0 Å². The van der Waals surface area contributed by atoms with Gasteiger partial charge in [0.15, 0.2) is 0 Å². The minimum atomic E-state index is 0.929. The van der Waals surface area contributed by atoms with Gasteiger partial charge in [0, 0.05) is 179 Å². The van der Waals surface area contributed by atoms with Crippen LogP contribution in [0.2, 0.25) is 0 Å². The molecule has 32 aromatic rings. The third-order valence-electron chi connectivity index (χ3n) is 27.6. The molecule has 0 spiro atoms. The Morgan fingerprint density at radius 1 is 0.141 bits per heavy atom. The fourth-order valence-electron chi connectivity index (χ4n) is 21.8. The molecular weight excluding hydrogens is 1590 g/mol. The van der Waals surface area contributed by atoms with E-state index in [4.69, 9.17) is 8.83 Å². The average Bonchev–Trinajstić information content (AvgIpc) is 1.51. The van der Waals surface area contributed by atoms with Gasteiger partial charge >= 0.3 is 0 Å². The third kappa shape index (κ3) is 10.2. The van der Waals surface area contributed by atoms with Crippen LogP contribution in [0.5, 0.6) is 0 Å². The smallest absolute Gasteiger partial charge is 0.137 e. The van der Waals surface area contributed by atoms with Crippen molar-refractivity contribution in [2.45, 2.75) is 0 Å². The summed E-state index contributed by atoms with van der Waals surface area (Å²) in [5, 5.41) is 46.0. The molecule has 0 fully saturated rings. The Hall–Kier alpha value is -16.4. The number of rotatable bonds is 0. The second kappa shape index (κ2) is 26.6. The molecule has 0 amide bonds. The molecule has 12 heterocycles. The molecule has 0 atom stereocenters. The Morgan fingerprint density at radius 3 is 0.773 bits per heavy atom. The van der Waals surface area contributed by atoms with Crippen LogP contribution in [0.3, 0.4) is 0 Å². The van der Waals surface area contributed by atoms with Gasteiger partial charge in [0.1, 0.15) is 22.3 Å². The van der Waals surface area contributed by atoms with Gasteiger partial charge in [0.25, 0.3) is 0 Å². The van der Waals surface area contributed by atoms with Gasteiger partial charge in [-0.05, 0) is 180 Å². The highest BCUT2D eigenvalue weighted by Crippen LogP contribution is 2.48. The standard InChI is InChI=1S/2C30H17NO.2C30H17NS/c1-2-8-19-14-26-23(13-18(19)7-1)24-16-29-25(22-11-5-6-12-28(22)32-29)15-27(24)31-17-20-9-3-4-10-21(20)30(26)31;1-2-8-19-14-26-23(13-18(19)7-1)24-15-25-22-11-5-6-12-28(22)32-29(25)16-27(24)31-17-20-9-3-4-10-21(20)30(26)31;1-2-8-19-14-26-23(13-18(19)7-1)24-16-29-25(22-11-5-6-12-28(22)32-29)15-27(24)31-17-20-9-3-4-10-21(20)30(26)31;1-2-8-19-14-26-23(13-18(19)7-1)24-15-25-22-11-5-6-12-28(22)32-29(25)16-27(24)31-17-20-9-3-4-10-21(20)30(26)31/h4*1-17H. The van der Waals surface area contributed by atoms with Crippen LogP contribution in [0.15, 0.2) is 422 Å². The summed E-state index contributed by atoms with van der Waals surface area (Å²) in [5.41, 5.74) is 13.8. The fourth-order valence-corrected chi connectivity index (χ4v) is 24.1. The average molecular weight is 1660 g/mol. The third-order valence-corrected chi connectivity index (χ3v) is 29.9. The van der Waals surface area contributed by atoms with E-state index in [1.54, 1.807) is 0 Å². The van der Waals surface area contributed by atoms with E-state index in [0.29, 0.717) is 0 Å². The number of benzene rings is 20. The van der Waals surface area contributed by atoms with E-state index in [2.05, 4.69) is 406 Å². The molecule has 128 heavy (non-hydrogen) atoms. The van der Waals surface area contributed by atoms with Crippen molar-refractivity contribution < 1.29 is 8.83 Å². The van der Waals surface area contributed by atoms with Crippen LogP contribution in [0, 0.1) is 0 Å². The minimum Gasteiger partial charge on any atom is -0.456 e. The Bertz CT molecular complexity index is 9940. The lowest BCUT2D eigenvalue weighted by molar-refractivity contribution is 0.669. The molecule has 0 N–H and O–H groups in total. The van der Waals surface area contributed by atoms with Gasteiger partial charge < -0.3 is 26.4 Å². The van der Waals surface area contributed by atoms with Crippen molar-refractivity contribution in [2.75, 3.05) is 0 Å². The molecule has 6 nitrogen and oxygen atoms in total. The maximum atomic E-state index is 6.26. The molecule has 0 saturated heterocycles. The van der Waals surface area contributed by atoms with E-state index >= 15 is 0 Å². The second-order valence-electron chi connectivity index (χ2n) is 34.6. The lowest BCUT2D eigenvalue weighted by Gasteiger charge is -2.12. The van der Waals surface area contributed by atoms with Gasteiger partial charge in [-0.1, -0.05) is 267 Å². The summed E-state index contributed by atoms with van der Waals surface area (Å²) in [5.74, 6) is 0. The SMILES string of the molecule is c1ccc2cc3c(cc2c1)c1cc2c(cc1n1cc4ccccc4c31)oc1ccccc12.c1ccc2cc3c(cc2c1)c1cc2c(cc1n1cc4ccccc4c31)sc1ccccc12.c1ccc2cc3c(cc2c1)c1cc2oc4ccccc4c2cc1n1cc2ccccc2c31.c1ccc2cc3c(cc2c1)c1cc2sc4ccccc4c2cc1n1cc2ccccc2c31. The van der Waals surface area contributed by atoms with E-state index in [1.807, 2.05) is 46.9 Å². The number of hydrogen-bond acceptors (Lipinski definition) is 4. The van der Waals surface area contributed by atoms with Crippen LogP contribution in [0.4, 0.5) is 0 Å². The number of fused-ring (bicyclic) bond motifs is 48. The zero-order valence-electron chi connectivity index (χ0n) is 68.7. The summed E-state index contributed by atoms with van der Waals surface area (Å²) in [6, 6.07) is 141. The van der Waals surface area contributed by atoms with Gasteiger partial charge in [-0.3, -0.25) is 0 Å². The summed E-state index contributed by atoms with van der Waals surface area (Å²) in [7, 11) is 0. The van der Waals surface area contributed by atoms with E-state index in [9.17, 15) is 0 Å². The van der Waals surface area contributed by atoms with E-state index in [-0.39, 0.29) is 0 Å². The Labute approximate surface area is 735 Å². The molecule has 0 saturated carbocycles. The van der Waals surface area contributed by atoms with Crippen molar-refractivity contribution >= 4 is 302 Å². The number of thiophene rings is 2. The van der Waals surface area contributed by atoms with E-state index in [1.165, 1.54) is 241 Å². The summed E-state index contributed by atoms with van der Waals surface area (Å²) < 4.78 is 27.5. The number of para-hydroxylation sites is 2. The van der Waals surface area contributed by atoms with Crippen LogP contribution in [-0.4, -0.2) is 17.6 Å². The predicted molar refractivity (Wildman–Crippen MR) is 550 cm³/mol. The first-order valence-corrected chi connectivity index (χ1v) is 45.4. The predicted octanol–water partition coefficient (Wildman–Crippen LogP) is 34.7. The maximum Gasteiger partial charge on any atom is 0.137 e. The zero-order chi connectivity index (χ0) is 83.2. The van der Waals surface area contributed by atoms with Crippen LogP contribution in [0.1, 0.15) is 0 Å². The first-order valence-electron chi connectivity index (χ1n) is 43.8. The summed E-state index contributed by atoms with van der Waals surface area (Å²) in [6.45, 7) is 0. The fraction of sp³-hybridized carbons (Fsp3) is 0. The van der Waals surface area contributed by atoms with Gasteiger partial charge in [0.2, 0.25) is 0 Å². The summed E-state index contributed by atoms with van der Waals surface area (Å²) in [6.07, 6.45) is 9.15. The highest BCUT2D eigenvalue weighted by molar-refractivity contribution is 7.26. The Balaban J connectivity index is 0.0000000845. The summed E-state index contributed by atoms with van der Waals surface area (Å²) in [4.78, 5) is 0. The highest BCUT2D eigenvalue weighted by Gasteiger charge is 2.23. The van der Waals surface area contributed by atoms with Crippen LogP contribution < -0.4 is 0 Å². The topological polar surface area (TPSA) is 43.9 Å². The molecule has 20 aromatic carbocycles. The van der Waals surface area contributed by atoms with E-state index < -0.39 is 0 Å². The molecule has 0 radical (unpaired) electrons. The normalized spacial score (nSPS) is 12.4. The number of hydrogen-bond donors (Lipinski definition) is 0. The van der Waals surface area contributed by atoms with Gasteiger partial charge in [-0.2, -0.15) is 0 Å². The first kappa shape index (κ1) is 70.1. The van der Waals surface area contributed by atoms with Gasteiger partial charge in [-0.25, -0.2) is 0 Å². The van der Waals surface area contributed by atoms with Crippen molar-refractivity contribution in [1.29, 1.82) is 0 Å².